The van der Waals surface area contributed by atoms with Gasteiger partial charge in [-0.1, -0.05) is 39.1 Å². The third-order valence-corrected chi connectivity index (χ3v) is 8.24. The Balaban J connectivity index is 1.63. The van der Waals surface area contributed by atoms with Crippen LogP contribution >= 0.6 is 50.5 Å². The summed E-state index contributed by atoms with van der Waals surface area (Å²) in [5.41, 5.74) is 1.23. The summed E-state index contributed by atoms with van der Waals surface area (Å²) in [5.74, 6) is 4.65. The van der Waals surface area contributed by atoms with E-state index in [1.165, 1.54) is 49.0 Å². The van der Waals surface area contributed by atoms with E-state index in [4.69, 9.17) is 23.2 Å². The second kappa shape index (κ2) is 4.90. The molecule has 0 amide bonds. The lowest BCUT2D eigenvalue weighted by molar-refractivity contribution is -0.0364. The molecule has 4 heteroatoms. The summed E-state index contributed by atoms with van der Waals surface area (Å²) in [7, 11) is 0. The van der Waals surface area contributed by atoms with Crippen molar-refractivity contribution in [1.82, 2.24) is 0 Å². The van der Waals surface area contributed by atoms with Crippen LogP contribution < -0.4 is 0 Å². The first kappa shape index (κ1) is 13.4. The smallest absolute Gasteiger partial charge is 0.0987 e. The van der Waals surface area contributed by atoms with Gasteiger partial charge in [-0.3, -0.25) is 0 Å². The summed E-state index contributed by atoms with van der Waals surface area (Å²) in [4.78, 5) is 0.402. The number of hydrogen-bond acceptors (Lipinski definition) is 1. The first-order valence-corrected chi connectivity index (χ1v) is 9.69. The van der Waals surface area contributed by atoms with Gasteiger partial charge in [-0.25, -0.2) is 0 Å². The van der Waals surface area contributed by atoms with Crippen molar-refractivity contribution < 1.29 is 0 Å². The molecule has 4 bridgehead atoms. The molecule has 0 aromatic carbocycles. The van der Waals surface area contributed by atoms with Crippen LogP contribution in [0.2, 0.25) is 8.67 Å². The highest BCUT2D eigenvalue weighted by atomic mass is 79.9. The van der Waals surface area contributed by atoms with E-state index >= 15 is 0 Å². The van der Waals surface area contributed by atoms with Crippen molar-refractivity contribution in [3.63, 3.8) is 0 Å². The van der Waals surface area contributed by atoms with Gasteiger partial charge in [0.15, 0.2) is 0 Å². The summed E-state index contributed by atoms with van der Waals surface area (Å²) in [5, 5.41) is 0. The van der Waals surface area contributed by atoms with E-state index in [0.29, 0.717) is 4.83 Å². The maximum atomic E-state index is 6.36. The third kappa shape index (κ3) is 2.22. The average molecular weight is 380 g/mol. The van der Waals surface area contributed by atoms with Gasteiger partial charge in [0.25, 0.3) is 0 Å². The second-order valence-electron chi connectivity index (χ2n) is 6.69. The predicted molar refractivity (Wildman–Crippen MR) is 86.5 cm³/mol. The highest BCUT2D eigenvalue weighted by Crippen LogP contribution is 2.61. The number of alkyl halides is 1. The monoisotopic (exact) mass is 378 g/mol. The molecule has 0 aliphatic heterocycles. The molecule has 1 aromatic heterocycles. The van der Waals surface area contributed by atoms with E-state index in [1.807, 2.05) is 0 Å². The molecule has 1 unspecified atom stereocenters. The highest BCUT2D eigenvalue weighted by Gasteiger charge is 2.50. The number of hydrogen-bond donors (Lipinski definition) is 0. The standard InChI is InChI=1S/C15H17BrCl2S/c16-14(11-6-12(17)19-15(11)18)13-9-2-7-1-8(4-9)5-10(13)3-7/h6-10,13-14H,1-5H2. The van der Waals surface area contributed by atoms with E-state index in [9.17, 15) is 0 Å². The fourth-order valence-electron chi connectivity index (χ4n) is 5.19. The van der Waals surface area contributed by atoms with Crippen molar-refractivity contribution in [2.45, 2.75) is 36.9 Å². The predicted octanol–water partition coefficient (Wildman–Crippen LogP) is 6.56. The zero-order valence-electron chi connectivity index (χ0n) is 10.6. The number of rotatable bonds is 2. The number of thiophene rings is 1. The lowest BCUT2D eigenvalue weighted by Crippen LogP contribution is -2.46. The Bertz CT molecular complexity index is 470. The summed E-state index contributed by atoms with van der Waals surface area (Å²) >= 11 is 17.9. The van der Waals surface area contributed by atoms with Crippen molar-refractivity contribution >= 4 is 50.5 Å². The highest BCUT2D eigenvalue weighted by molar-refractivity contribution is 9.09. The van der Waals surface area contributed by atoms with Gasteiger partial charge < -0.3 is 0 Å². The second-order valence-corrected chi connectivity index (χ2v) is 9.96. The molecule has 0 radical (unpaired) electrons. The average Bonchev–Trinajstić information content (AvgIpc) is 2.66. The fourth-order valence-corrected chi connectivity index (χ4v) is 8.25. The Hall–Kier alpha value is 0.760. The molecule has 0 spiro atoms. The molecule has 104 valence electrons. The Morgan fingerprint density at radius 2 is 1.63 bits per heavy atom. The van der Waals surface area contributed by atoms with Gasteiger partial charge in [-0.15, -0.1) is 11.3 Å². The first-order valence-electron chi connectivity index (χ1n) is 7.20. The molecule has 1 heterocycles. The molecular weight excluding hydrogens is 363 g/mol. The summed E-state index contributed by atoms with van der Waals surface area (Å²) in [6.07, 6.45) is 7.33. The molecular formula is C15H17BrCl2S. The van der Waals surface area contributed by atoms with Gasteiger partial charge in [-0.05, 0) is 73.3 Å². The lowest BCUT2D eigenvalue weighted by Gasteiger charge is -2.55. The molecule has 0 nitrogen and oxygen atoms in total. The minimum Gasteiger partial charge on any atom is -0.111 e. The molecule has 5 rings (SSSR count). The summed E-state index contributed by atoms with van der Waals surface area (Å²) < 4.78 is 1.69. The number of halogens is 3. The minimum absolute atomic E-state index is 0.402. The van der Waals surface area contributed by atoms with Crippen LogP contribution in [-0.2, 0) is 0 Å². The lowest BCUT2D eigenvalue weighted by atomic mass is 9.51. The van der Waals surface area contributed by atoms with Crippen LogP contribution in [0.5, 0.6) is 0 Å². The Labute approximate surface area is 137 Å². The molecule has 4 aliphatic rings. The van der Waals surface area contributed by atoms with Crippen molar-refractivity contribution in [2.24, 2.45) is 29.6 Å². The van der Waals surface area contributed by atoms with Crippen LogP contribution in [0.25, 0.3) is 0 Å². The molecule has 4 saturated carbocycles. The SMILES string of the molecule is Clc1cc(C(Br)C2C3CC4CC(C3)CC2C4)c(Cl)s1. The first-order chi connectivity index (χ1) is 9.11. The van der Waals surface area contributed by atoms with Gasteiger partial charge in [0.2, 0.25) is 0 Å². The van der Waals surface area contributed by atoms with Crippen molar-refractivity contribution in [2.75, 3.05) is 0 Å². The van der Waals surface area contributed by atoms with Crippen LogP contribution in [0.15, 0.2) is 6.07 Å². The molecule has 0 N–H and O–H groups in total. The van der Waals surface area contributed by atoms with E-state index in [2.05, 4.69) is 22.0 Å². The minimum atomic E-state index is 0.402. The topological polar surface area (TPSA) is 0 Å². The van der Waals surface area contributed by atoms with Gasteiger partial charge >= 0.3 is 0 Å². The van der Waals surface area contributed by atoms with E-state index in [1.54, 1.807) is 0 Å². The van der Waals surface area contributed by atoms with Crippen molar-refractivity contribution in [3.8, 4) is 0 Å². The van der Waals surface area contributed by atoms with Crippen LogP contribution in [0.1, 0.15) is 42.5 Å². The van der Waals surface area contributed by atoms with Gasteiger partial charge in [0, 0.05) is 4.83 Å². The molecule has 1 aromatic rings. The zero-order valence-corrected chi connectivity index (χ0v) is 14.5. The van der Waals surface area contributed by atoms with Crippen LogP contribution in [-0.4, -0.2) is 0 Å². The Morgan fingerprint density at radius 1 is 1.05 bits per heavy atom. The Morgan fingerprint density at radius 3 is 2.11 bits per heavy atom. The van der Waals surface area contributed by atoms with E-state index in [-0.39, 0.29) is 0 Å². The van der Waals surface area contributed by atoms with Crippen molar-refractivity contribution in [3.05, 3.63) is 20.3 Å². The zero-order chi connectivity index (χ0) is 13.1. The molecule has 19 heavy (non-hydrogen) atoms. The van der Waals surface area contributed by atoms with Crippen LogP contribution in [0, 0.1) is 29.6 Å². The molecule has 4 aliphatic carbocycles. The van der Waals surface area contributed by atoms with Crippen LogP contribution in [0.4, 0.5) is 0 Å². The van der Waals surface area contributed by atoms with Gasteiger partial charge in [-0.2, -0.15) is 0 Å². The molecule has 4 fully saturated rings. The summed E-state index contributed by atoms with van der Waals surface area (Å²) in [6, 6.07) is 2.07. The van der Waals surface area contributed by atoms with E-state index in [0.717, 1.165) is 38.3 Å². The van der Waals surface area contributed by atoms with Gasteiger partial charge in [0.1, 0.15) is 0 Å². The van der Waals surface area contributed by atoms with E-state index < -0.39 is 0 Å². The molecule has 0 saturated heterocycles. The maximum absolute atomic E-state index is 6.36. The fraction of sp³-hybridized carbons (Fsp3) is 0.733. The molecule has 1 atom stereocenters. The quantitative estimate of drug-likeness (QED) is 0.510. The normalized spacial score (nSPS) is 41.7. The van der Waals surface area contributed by atoms with Crippen LogP contribution in [0.3, 0.4) is 0 Å². The summed E-state index contributed by atoms with van der Waals surface area (Å²) in [6.45, 7) is 0. The maximum Gasteiger partial charge on any atom is 0.0987 e. The third-order valence-electron chi connectivity index (χ3n) is 5.62. The van der Waals surface area contributed by atoms with Gasteiger partial charge in [0.05, 0.1) is 8.67 Å². The van der Waals surface area contributed by atoms with Crippen molar-refractivity contribution in [1.29, 1.82) is 0 Å². The Kier molecular flexibility index (Phi) is 3.46. The largest absolute Gasteiger partial charge is 0.111 e.